The molecule has 0 radical (unpaired) electrons. The summed E-state index contributed by atoms with van der Waals surface area (Å²) in [5, 5.41) is 6.47. The summed E-state index contributed by atoms with van der Waals surface area (Å²) in [5.74, 6) is -0.0686. The first-order valence-corrected chi connectivity index (χ1v) is 8.77. The number of pyridine rings is 1. The van der Waals surface area contributed by atoms with Gasteiger partial charge in [-0.25, -0.2) is 0 Å². The molecular weight excluding hydrogens is 298 g/mol. The molecule has 1 aliphatic rings. The van der Waals surface area contributed by atoms with E-state index in [-0.39, 0.29) is 5.91 Å². The largest absolute Gasteiger partial charge is 0.381 e. The lowest BCUT2D eigenvalue weighted by Crippen LogP contribution is -2.36. The molecule has 0 aliphatic heterocycles. The van der Waals surface area contributed by atoms with E-state index in [2.05, 4.69) is 46.8 Å². The summed E-state index contributed by atoms with van der Waals surface area (Å²) in [5.41, 5.74) is 3.86. The Morgan fingerprint density at radius 2 is 1.88 bits per heavy atom. The second kappa shape index (κ2) is 7.95. The third kappa shape index (κ3) is 4.57. The average Bonchev–Trinajstić information content (AvgIpc) is 2.62. The quantitative estimate of drug-likeness (QED) is 0.872. The van der Waals surface area contributed by atoms with Crippen molar-refractivity contribution < 1.29 is 4.79 Å². The fraction of sp³-hybridized carbons (Fsp3) is 0.400. The molecule has 4 heteroatoms. The Morgan fingerprint density at radius 1 is 1.12 bits per heavy atom. The van der Waals surface area contributed by atoms with Gasteiger partial charge in [0.2, 0.25) is 0 Å². The maximum absolute atomic E-state index is 12.4. The van der Waals surface area contributed by atoms with Crippen LogP contribution in [0.25, 0.3) is 0 Å². The van der Waals surface area contributed by atoms with Crippen LogP contribution in [-0.2, 0) is 6.54 Å². The maximum atomic E-state index is 12.4. The van der Waals surface area contributed by atoms with Crippen molar-refractivity contribution in [3.05, 3.63) is 59.4 Å². The van der Waals surface area contributed by atoms with Crippen LogP contribution in [-0.4, -0.2) is 16.9 Å². The van der Waals surface area contributed by atoms with Crippen LogP contribution < -0.4 is 10.6 Å². The molecule has 1 aliphatic carbocycles. The molecule has 2 aromatic rings. The van der Waals surface area contributed by atoms with E-state index in [4.69, 9.17) is 0 Å². The number of benzene rings is 1. The Bertz CT molecular complexity index is 676. The molecule has 1 heterocycles. The number of hydrogen-bond donors (Lipinski definition) is 2. The standard InChI is InChI=1S/C20H25N3O/c1-15-7-9-16(10-8-15)14-22-18-11-12-21-19(13-18)20(24)23-17-5-3-2-4-6-17/h7-13,17H,2-6,14H2,1H3,(H,21,22)(H,23,24). The van der Waals surface area contributed by atoms with Crippen LogP contribution in [0.15, 0.2) is 42.6 Å². The monoisotopic (exact) mass is 323 g/mol. The highest BCUT2D eigenvalue weighted by molar-refractivity contribution is 5.93. The number of anilines is 1. The van der Waals surface area contributed by atoms with Gasteiger partial charge >= 0.3 is 0 Å². The molecule has 1 aromatic carbocycles. The molecule has 4 nitrogen and oxygen atoms in total. The molecule has 0 spiro atoms. The van der Waals surface area contributed by atoms with E-state index < -0.39 is 0 Å². The van der Waals surface area contributed by atoms with Crippen LogP contribution in [0.3, 0.4) is 0 Å². The highest BCUT2D eigenvalue weighted by Crippen LogP contribution is 2.18. The molecule has 1 fully saturated rings. The van der Waals surface area contributed by atoms with Crippen LogP contribution in [0.1, 0.15) is 53.7 Å². The van der Waals surface area contributed by atoms with Crippen LogP contribution in [0, 0.1) is 6.92 Å². The molecule has 0 saturated heterocycles. The van der Waals surface area contributed by atoms with Gasteiger partial charge in [-0.15, -0.1) is 0 Å². The van der Waals surface area contributed by atoms with E-state index >= 15 is 0 Å². The molecule has 0 bridgehead atoms. The molecule has 3 rings (SSSR count). The summed E-state index contributed by atoms with van der Waals surface area (Å²) in [4.78, 5) is 16.6. The molecule has 0 unspecified atom stereocenters. The van der Waals surface area contributed by atoms with E-state index in [1.165, 1.54) is 30.4 Å². The fourth-order valence-electron chi connectivity index (χ4n) is 3.08. The number of amides is 1. The Hall–Kier alpha value is -2.36. The van der Waals surface area contributed by atoms with Gasteiger partial charge < -0.3 is 10.6 Å². The molecule has 24 heavy (non-hydrogen) atoms. The Balaban J connectivity index is 1.58. The van der Waals surface area contributed by atoms with E-state index in [1.807, 2.05) is 12.1 Å². The van der Waals surface area contributed by atoms with Gasteiger partial charge in [0, 0.05) is 24.5 Å². The first-order chi connectivity index (χ1) is 11.7. The van der Waals surface area contributed by atoms with Crippen molar-refractivity contribution in [3.8, 4) is 0 Å². The van der Waals surface area contributed by atoms with Crippen LogP contribution in [0.4, 0.5) is 5.69 Å². The van der Waals surface area contributed by atoms with Crippen molar-refractivity contribution in [3.63, 3.8) is 0 Å². The number of rotatable bonds is 5. The number of nitrogens with one attached hydrogen (secondary N) is 2. The minimum Gasteiger partial charge on any atom is -0.381 e. The van der Waals surface area contributed by atoms with E-state index in [0.29, 0.717) is 11.7 Å². The van der Waals surface area contributed by atoms with E-state index in [0.717, 1.165) is 25.1 Å². The van der Waals surface area contributed by atoms with Crippen LogP contribution >= 0.6 is 0 Å². The zero-order valence-corrected chi connectivity index (χ0v) is 14.2. The zero-order chi connectivity index (χ0) is 16.8. The Labute approximate surface area is 143 Å². The lowest BCUT2D eigenvalue weighted by molar-refractivity contribution is 0.0922. The van der Waals surface area contributed by atoms with Crippen molar-refractivity contribution in [2.45, 2.75) is 51.6 Å². The Kier molecular flexibility index (Phi) is 5.47. The van der Waals surface area contributed by atoms with Gasteiger partial charge in [-0.1, -0.05) is 49.1 Å². The van der Waals surface area contributed by atoms with Crippen molar-refractivity contribution >= 4 is 11.6 Å². The molecule has 0 atom stereocenters. The highest BCUT2D eigenvalue weighted by Gasteiger charge is 2.17. The first-order valence-electron chi connectivity index (χ1n) is 8.77. The number of hydrogen-bond acceptors (Lipinski definition) is 3. The molecule has 1 saturated carbocycles. The van der Waals surface area contributed by atoms with Crippen molar-refractivity contribution in [2.24, 2.45) is 0 Å². The maximum Gasteiger partial charge on any atom is 0.270 e. The predicted octanol–water partition coefficient (Wildman–Crippen LogP) is 4.06. The number of carbonyl (C=O) groups excluding carboxylic acids is 1. The van der Waals surface area contributed by atoms with Crippen LogP contribution in [0.5, 0.6) is 0 Å². The van der Waals surface area contributed by atoms with Gasteiger partial charge in [-0.05, 0) is 37.5 Å². The summed E-state index contributed by atoms with van der Waals surface area (Å²) in [6, 6.07) is 12.5. The molecule has 2 N–H and O–H groups in total. The lowest BCUT2D eigenvalue weighted by atomic mass is 9.95. The summed E-state index contributed by atoms with van der Waals surface area (Å²) in [6.45, 7) is 2.81. The minimum absolute atomic E-state index is 0.0686. The Morgan fingerprint density at radius 3 is 2.62 bits per heavy atom. The van der Waals surface area contributed by atoms with Gasteiger partial charge in [0.15, 0.2) is 0 Å². The minimum atomic E-state index is -0.0686. The first kappa shape index (κ1) is 16.5. The predicted molar refractivity (Wildman–Crippen MR) is 97.1 cm³/mol. The third-order valence-corrected chi connectivity index (χ3v) is 4.55. The van der Waals surface area contributed by atoms with Crippen molar-refractivity contribution in [1.82, 2.24) is 10.3 Å². The summed E-state index contributed by atoms with van der Waals surface area (Å²) < 4.78 is 0. The molecular formula is C20H25N3O. The fourth-order valence-corrected chi connectivity index (χ4v) is 3.08. The SMILES string of the molecule is Cc1ccc(CNc2ccnc(C(=O)NC3CCCCC3)c2)cc1. The number of nitrogens with zero attached hydrogens (tertiary/aromatic N) is 1. The number of carbonyl (C=O) groups is 1. The van der Waals surface area contributed by atoms with Crippen LogP contribution in [0.2, 0.25) is 0 Å². The lowest BCUT2D eigenvalue weighted by Gasteiger charge is -2.22. The molecule has 126 valence electrons. The molecule has 1 aromatic heterocycles. The smallest absolute Gasteiger partial charge is 0.270 e. The second-order valence-corrected chi connectivity index (χ2v) is 6.58. The van der Waals surface area contributed by atoms with Gasteiger partial charge in [-0.3, -0.25) is 9.78 Å². The van der Waals surface area contributed by atoms with Gasteiger partial charge in [0.05, 0.1) is 0 Å². The second-order valence-electron chi connectivity index (χ2n) is 6.58. The van der Waals surface area contributed by atoms with Gasteiger partial charge in [-0.2, -0.15) is 0 Å². The number of aryl methyl sites for hydroxylation is 1. The van der Waals surface area contributed by atoms with Crippen molar-refractivity contribution in [2.75, 3.05) is 5.32 Å². The van der Waals surface area contributed by atoms with E-state index in [1.54, 1.807) is 6.20 Å². The van der Waals surface area contributed by atoms with Gasteiger partial charge in [0.1, 0.15) is 5.69 Å². The normalized spacial score (nSPS) is 15.0. The average molecular weight is 323 g/mol. The summed E-state index contributed by atoms with van der Waals surface area (Å²) >= 11 is 0. The highest BCUT2D eigenvalue weighted by atomic mass is 16.1. The summed E-state index contributed by atoms with van der Waals surface area (Å²) in [7, 11) is 0. The van der Waals surface area contributed by atoms with Crippen molar-refractivity contribution in [1.29, 1.82) is 0 Å². The van der Waals surface area contributed by atoms with Gasteiger partial charge in [0.25, 0.3) is 5.91 Å². The zero-order valence-electron chi connectivity index (χ0n) is 14.2. The summed E-state index contributed by atoms with van der Waals surface area (Å²) in [6.07, 6.45) is 7.54. The molecule has 1 amide bonds. The third-order valence-electron chi connectivity index (χ3n) is 4.55. The van der Waals surface area contributed by atoms with E-state index in [9.17, 15) is 4.79 Å². The number of aromatic nitrogens is 1. The topological polar surface area (TPSA) is 54.0 Å².